The summed E-state index contributed by atoms with van der Waals surface area (Å²) in [5.74, 6) is 0.905. The van der Waals surface area contributed by atoms with Crippen molar-refractivity contribution in [2.45, 2.75) is 26.2 Å². The Morgan fingerprint density at radius 2 is 2.11 bits per heavy atom. The first-order chi connectivity index (χ1) is 13.5. The average Bonchev–Trinajstić information content (AvgIpc) is 3.28. The van der Waals surface area contributed by atoms with Gasteiger partial charge < -0.3 is 9.73 Å². The smallest absolute Gasteiger partial charge is 0.292 e. The minimum absolute atomic E-state index is 0.171. The molecule has 0 saturated carbocycles. The minimum atomic E-state index is -0.380. The summed E-state index contributed by atoms with van der Waals surface area (Å²) >= 11 is 13.5. The number of rotatable bonds is 3. The highest BCUT2D eigenvalue weighted by Gasteiger charge is 2.25. The maximum absolute atomic E-state index is 12.7. The van der Waals surface area contributed by atoms with Gasteiger partial charge in [-0.2, -0.15) is 5.26 Å². The number of anilines is 1. The van der Waals surface area contributed by atoms with Gasteiger partial charge in [-0.3, -0.25) is 4.79 Å². The van der Waals surface area contributed by atoms with Crippen LogP contribution in [0, 0.1) is 17.2 Å². The van der Waals surface area contributed by atoms with Crippen molar-refractivity contribution in [2.75, 3.05) is 5.32 Å². The van der Waals surface area contributed by atoms with Crippen LogP contribution in [0.3, 0.4) is 0 Å². The zero-order chi connectivity index (χ0) is 19.8. The van der Waals surface area contributed by atoms with Crippen LogP contribution in [-0.2, 0) is 12.8 Å². The molecule has 142 valence electrons. The SMILES string of the molecule is C[C@H]1CCc2c(sc(NC(=O)c3ccc(-c4ccc(Cl)c(Cl)c4)o3)c2C#N)C1. The summed E-state index contributed by atoms with van der Waals surface area (Å²) in [5, 5.41) is 13.9. The van der Waals surface area contributed by atoms with Crippen molar-refractivity contribution in [3.8, 4) is 17.4 Å². The van der Waals surface area contributed by atoms with E-state index in [4.69, 9.17) is 27.6 Å². The zero-order valence-electron chi connectivity index (χ0n) is 15.0. The first-order valence-corrected chi connectivity index (χ1v) is 10.4. The van der Waals surface area contributed by atoms with Crippen LogP contribution in [0.15, 0.2) is 34.7 Å². The van der Waals surface area contributed by atoms with E-state index in [0.29, 0.717) is 32.3 Å². The van der Waals surface area contributed by atoms with E-state index in [1.54, 1.807) is 30.3 Å². The highest BCUT2D eigenvalue weighted by Crippen LogP contribution is 2.39. The summed E-state index contributed by atoms with van der Waals surface area (Å²) in [6.07, 6.45) is 2.90. The fourth-order valence-corrected chi connectivity index (χ4v) is 5.04. The van der Waals surface area contributed by atoms with Crippen LogP contribution < -0.4 is 5.32 Å². The number of nitrogens with zero attached hydrogens (tertiary/aromatic N) is 1. The van der Waals surface area contributed by atoms with Crippen molar-refractivity contribution in [3.05, 3.63) is 62.1 Å². The molecule has 0 fully saturated rings. The second-order valence-electron chi connectivity index (χ2n) is 6.91. The number of thiophene rings is 1. The number of furan rings is 1. The molecule has 1 atom stereocenters. The van der Waals surface area contributed by atoms with E-state index in [0.717, 1.165) is 30.4 Å². The number of hydrogen-bond donors (Lipinski definition) is 1. The highest BCUT2D eigenvalue weighted by atomic mass is 35.5. The van der Waals surface area contributed by atoms with Crippen molar-refractivity contribution < 1.29 is 9.21 Å². The number of fused-ring (bicyclic) bond motifs is 1. The fraction of sp³-hybridized carbons (Fsp3) is 0.238. The molecule has 0 unspecified atom stereocenters. The summed E-state index contributed by atoms with van der Waals surface area (Å²) < 4.78 is 5.70. The standard InChI is InChI=1S/C21H16Cl2N2O2S/c1-11-2-4-13-14(10-24)21(28-19(13)8-11)25-20(26)18-7-6-17(27-18)12-3-5-15(22)16(23)9-12/h3,5-7,9,11H,2,4,8H2,1H3,(H,25,26)/t11-/m0/s1. The lowest BCUT2D eigenvalue weighted by atomic mass is 9.89. The van der Waals surface area contributed by atoms with Crippen LogP contribution in [-0.4, -0.2) is 5.91 Å². The number of carbonyl (C=O) groups is 1. The topological polar surface area (TPSA) is 66.0 Å². The summed E-state index contributed by atoms with van der Waals surface area (Å²) in [4.78, 5) is 13.9. The molecule has 4 nitrogen and oxygen atoms in total. The quantitative estimate of drug-likeness (QED) is 0.511. The molecule has 0 spiro atoms. The molecule has 1 aliphatic carbocycles. The predicted octanol–water partition coefficient (Wildman–Crippen LogP) is 6.56. The monoisotopic (exact) mass is 430 g/mol. The zero-order valence-corrected chi connectivity index (χ0v) is 17.3. The predicted molar refractivity (Wildman–Crippen MR) is 112 cm³/mol. The van der Waals surface area contributed by atoms with Crippen molar-refractivity contribution in [1.82, 2.24) is 0 Å². The van der Waals surface area contributed by atoms with Gasteiger partial charge in [0.1, 0.15) is 16.8 Å². The van der Waals surface area contributed by atoms with Gasteiger partial charge in [0.2, 0.25) is 0 Å². The van der Waals surface area contributed by atoms with E-state index in [9.17, 15) is 10.1 Å². The molecule has 1 aromatic carbocycles. The number of carbonyl (C=O) groups excluding carboxylic acids is 1. The van der Waals surface area contributed by atoms with Gasteiger partial charge in [0, 0.05) is 10.4 Å². The summed E-state index contributed by atoms with van der Waals surface area (Å²) in [7, 11) is 0. The third-order valence-corrected chi connectivity index (χ3v) is 6.79. The number of halogens is 2. The molecule has 0 radical (unpaired) electrons. The molecule has 1 aliphatic rings. The van der Waals surface area contributed by atoms with Crippen LogP contribution >= 0.6 is 34.5 Å². The Morgan fingerprint density at radius 1 is 1.29 bits per heavy atom. The van der Waals surface area contributed by atoms with Gasteiger partial charge in [0.15, 0.2) is 5.76 Å². The summed E-state index contributed by atoms with van der Waals surface area (Å²) in [6, 6.07) is 10.7. The Balaban J connectivity index is 1.58. The maximum Gasteiger partial charge on any atom is 0.292 e. The van der Waals surface area contributed by atoms with Gasteiger partial charge >= 0.3 is 0 Å². The molecule has 1 amide bonds. The lowest BCUT2D eigenvalue weighted by Gasteiger charge is -2.17. The van der Waals surface area contributed by atoms with E-state index >= 15 is 0 Å². The van der Waals surface area contributed by atoms with E-state index in [1.165, 1.54) is 16.2 Å². The van der Waals surface area contributed by atoms with E-state index in [2.05, 4.69) is 18.3 Å². The van der Waals surface area contributed by atoms with Crippen LogP contribution in [0.25, 0.3) is 11.3 Å². The average molecular weight is 431 g/mol. The largest absolute Gasteiger partial charge is 0.451 e. The normalized spacial score (nSPS) is 15.7. The van der Waals surface area contributed by atoms with Gasteiger partial charge in [-0.1, -0.05) is 30.1 Å². The molecular formula is C21H16Cl2N2O2S. The molecule has 3 aromatic rings. The van der Waals surface area contributed by atoms with Gasteiger partial charge in [0.25, 0.3) is 5.91 Å². The summed E-state index contributed by atoms with van der Waals surface area (Å²) in [6.45, 7) is 2.21. The molecule has 7 heteroatoms. The first-order valence-electron chi connectivity index (χ1n) is 8.87. The molecule has 1 N–H and O–H groups in total. The Bertz CT molecular complexity index is 1110. The molecule has 0 saturated heterocycles. The molecular weight excluding hydrogens is 415 g/mol. The van der Waals surface area contributed by atoms with Crippen molar-refractivity contribution >= 4 is 45.4 Å². The van der Waals surface area contributed by atoms with Gasteiger partial charge in [-0.15, -0.1) is 11.3 Å². The Labute approximate surface area is 176 Å². The van der Waals surface area contributed by atoms with E-state index in [-0.39, 0.29) is 11.7 Å². The van der Waals surface area contributed by atoms with Crippen LogP contribution in [0.2, 0.25) is 10.0 Å². The third kappa shape index (κ3) is 3.56. The van der Waals surface area contributed by atoms with Crippen LogP contribution in [0.4, 0.5) is 5.00 Å². The second kappa shape index (κ2) is 7.63. The first kappa shape index (κ1) is 19.1. The molecule has 0 aliphatic heterocycles. The van der Waals surface area contributed by atoms with Crippen molar-refractivity contribution in [2.24, 2.45) is 5.92 Å². The molecule has 2 aromatic heterocycles. The molecule has 28 heavy (non-hydrogen) atoms. The number of nitrogens with one attached hydrogen (secondary N) is 1. The maximum atomic E-state index is 12.7. The van der Waals surface area contributed by atoms with E-state index < -0.39 is 0 Å². The van der Waals surface area contributed by atoms with Crippen LogP contribution in [0.1, 0.15) is 39.9 Å². The highest BCUT2D eigenvalue weighted by molar-refractivity contribution is 7.16. The van der Waals surface area contributed by atoms with E-state index in [1.807, 2.05) is 0 Å². The van der Waals surface area contributed by atoms with Gasteiger partial charge in [-0.25, -0.2) is 0 Å². The number of benzene rings is 1. The van der Waals surface area contributed by atoms with Gasteiger partial charge in [-0.05, 0) is 61.1 Å². The summed E-state index contributed by atoms with van der Waals surface area (Å²) in [5.41, 5.74) is 2.39. The molecule has 2 heterocycles. The number of amides is 1. The lowest BCUT2D eigenvalue weighted by molar-refractivity contribution is 0.0998. The Kier molecular flexibility index (Phi) is 5.20. The van der Waals surface area contributed by atoms with Crippen LogP contribution in [0.5, 0.6) is 0 Å². The third-order valence-electron chi connectivity index (χ3n) is 4.88. The van der Waals surface area contributed by atoms with Gasteiger partial charge in [0.05, 0.1) is 15.6 Å². The second-order valence-corrected chi connectivity index (χ2v) is 8.83. The molecule has 0 bridgehead atoms. The number of hydrogen-bond acceptors (Lipinski definition) is 4. The molecule has 4 rings (SSSR count). The fourth-order valence-electron chi connectivity index (χ4n) is 3.39. The lowest BCUT2D eigenvalue weighted by Crippen LogP contribution is -2.11. The Hall–Kier alpha value is -2.26. The van der Waals surface area contributed by atoms with Crippen molar-refractivity contribution in [3.63, 3.8) is 0 Å². The minimum Gasteiger partial charge on any atom is -0.451 e. The number of nitriles is 1. The van der Waals surface area contributed by atoms with Crippen molar-refractivity contribution in [1.29, 1.82) is 5.26 Å². The Morgan fingerprint density at radius 3 is 2.86 bits per heavy atom.